The minimum Gasteiger partial charge on any atom is -0.454 e. The molecule has 0 radical (unpaired) electrons. The number of hydrogen-bond donors (Lipinski definition) is 0. The van der Waals surface area contributed by atoms with Gasteiger partial charge in [0, 0.05) is 19.8 Å². The van der Waals surface area contributed by atoms with Crippen LogP contribution in [0.3, 0.4) is 0 Å². The first-order valence-electron chi connectivity index (χ1n) is 10.4. The number of unbranched alkanes of at least 4 members (excludes halogenated alkanes) is 9. The molecule has 0 aliphatic carbocycles. The molecule has 0 amide bonds. The molecule has 0 atom stereocenters. The van der Waals surface area contributed by atoms with Crippen LogP contribution < -0.4 is 9.47 Å². The minimum absolute atomic E-state index is 0.327. The van der Waals surface area contributed by atoms with Crippen LogP contribution in [0.25, 0.3) is 0 Å². The van der Waals surface area contributed by atoms with Crippen molar-refractivity contribution in [1.82, 2.24) is 0 Å². The van der Waals surface area contributed by atoms with E-state index in [0.29, 0.717) is 13.4 Å². The lowest BCUT2D eigenvalue weighted by molar-refractivity contribution is 0.116. The highest BCUT2D eigenvalue weighted by Crippen LogP contribution is 2.32. The summed E-state index contributed by atoms with van der Waals surface area (Å²) in [5, 5.41) is 0. The number of fused-ring (bicyclic) bond motifs is 1. The highest BCUT2D eigenvalue weighted by molar-refractivity contribution is 5.44. The molecule has 0 fully saturated rings. The molecule has 4 heteroatoms. The van der Waals surface area contributed by atoms with Crippen LogP contribution in [-0.4, -0.2) is 26.6 Å². The van der Waals surface area contributed by atoms with Crippen LogP contribution in [0.2, 0.25) is 0 Å². The molecule has 0 unspecified atom stereocenters. The quantitative estimate of drug-likeness (QED) is 0.344. The molecule has 1 aliphatic heterocycles. The predicted octanol–water partition coefficient (Wildman–Crippen LogP) is 5.87. The fourth-order valence-corrected chi connectivity index (χ4v) is 3.19. The Balaban J connectivity index is 1.32. The van der Waals surface area contributed by atoms with Crippen molar-refractivity contribution in [2.75, 3.05) is 26.6 Å². The van der Waals surface area contributed by atoms with Crippen LogP contribution in [0.15, 0.2) is 18.2 Å². The summed E-state index contributed by atoms with van der Waals surface area (Å²) in [6.07, 6.45) is 13.2. The summed E-state index contributed by atoms with van der Waals surface area (Å²) in [5.74, 6) is 1.67. The van der Waals surface area contributed by atoms with E-state index >= 15 is 0 Å². The van der Waals surface area contributed by atoms with Gasteiger partial charge in [0.15, 0.2) is 11.5 Å². The van der Waals surface area contributed by atoms with Crippen LogP contribution in [0.1, 0.15) is 76.7 Å². The maximum absolute atomic E-state index is 5.77. The summed E-state index contributed by atoms with van der Waals surface area (Å²) in [4.78, 5) is 0. The van der Waals surface area contributed by atoms with Crippen LogP contribution in [0.4, 0.5) is 0 Å². The lowest BCUT2D eigenvalue weighted by Gasteiger charge is -2.06. The first kappa shape index (κ1) is 21.0. The van der Waals surface area contributed by atoms with Gasteiger partial charge in [0.05, 0.1) is 6.61 Å². The van der Waals surface area contributed by atoms with E-state index in [1.165, 1.54) is 57.8 Å². The van der Waals surface area contributed by atoms with Crippen molar-refractivity contribution in [3.05, 3.63) is 23.8 Å². The Morgan fingerprint density at radius 3 is 1.96 bits per heavy atom. The zero-order chi connectivity index (χ0) is 18.3. The molecule has 1 aromatic rings. The highest BCUT2D eigenvalue weighted by Gasteiger charge is 2.12. The van der Waals surface area contributed by atoms with E-state index in [0.717, 1.165) is 43.3 Å². The molecule has 1 aliphatic rings. The SMILES string of the molecule is CCOCCCCCCCCCCCCOCc1ccc2c(c1)OCO2. The van der Waals surface area contributed by atoms with Crippen molar-refractivity contribution in [2.45, 2.75) is 77.7 Å². The highest BCUT2D eigenvalue weighted by atomic mass is 16.7. The molecule has 0 saturated heterocycles. The molecule has 0 bridgehead atoms. The molecule has 0 spiro atoms. The predicted molar refractivity (Wildman–Crippen MR) is 105 cm³/mol. The Morgan fingerprint density at radius 2 is 1.31 bits per heavy atom. The van der Waals surface area contributed by atoms with E-state index < -0.39 is 0 Å². The van der Waals surface area contributed by atoms with Crippen molar-refractivity contribution in [2.24, 2.45) is 0 Å². The average Bonchev–Trinajstić information content (AvgIpc) is 3.12. The van der Waals surface area contributed by atoms with Gasteiger partial charge in [-0.15, -0.1) is 0 Å². The second-order valence-corrected chi connectivity index (χ2v) is 6.97. The van der Waals surface area contributed by atoms with Gasteiger partial charge >= 0.3 is 0 Å². The fraction of sp³-hybridized carbons (Fsp3) is 0.727. The second kappa shape index (κ2) is 13.9. The molecular weight excluding hydrogens is 328 g/mol. The van der Waals surface area contributed by atoms with Gasteiger partial charge in [0.2, 0.25) is 6.79 Å². The van der Waals surface area contributed by atoms with Crippen molar-refractivity contribution in [3.8, 4) is 11.5 Å². The number of hydrogen-bond acceptors (Lipinski definition) is 4. The van der Waals surface area contributed by atoms with Crippen molar-refractivity contribution in [3.63, 3.8) is 0 Å². The third-order valence-electron chi connectivity index (χ3n) is 4.74. The van der Waals surface area contributed by atoms with Gasteiger partial charge in [-0.25, -0.2) is 0 Å². The molecule has 2 rings (SSSR count). The number of benzene rings is 1. The van der Waals surface area contributed by atoms with Crippen LogP contribution in [0, 0.1) is 0 Å². The number of ether oxygens (including phenoxy) is 4. The van der Waals surface area contributed by atoms with Gasteiger partial charge in [0.1, 0.15) is 0 Å². The van der Waals surface area contributed by atoms with Gasteiger partial charge < -0.3 is 18.9 Å². The second-order valence-electron chi connectivity index (χ2n) is 6.97. The summed E-state index contributed by atoms with van der Waals surface area (Å²) >= 11 is 0. The Kier molecular flexibility index (Phi) is 11.2. The number of rotatable bonds is 16. The van der Waals surface area contributed by atoms with Gasteiger partial charge in [-0.1, -0.05) is 57.4 Å². The third kappa shape index (κ3) is 8.91. The largest absolute Gasteiger partial charge is 0.454 e. The Bertz CT molecular complexity index is 475. The smallest absolute Gasteiger partial charge is 0.231 e. The van der Waals surface area contributed by atoms with Gasteiger partial charge in [0.25, 0.3) is 0 Å². The molecule has 0 saturated carbocycles. The van der Waals surface area contributed by atoms with Crippen LogP contribution in [0.5, 0.6) is 11.5 Å². The van der Waals surface area contributed by atoms with Crippen LogP contribution >= 0.6 is 0 Å². The van der Waals surface area contributed by atoms with E-state index in [1.807, 2.05) is 18.2 Å². The fourth-order valence-electron chi connectivity index (χ4n) is 3.19. The van der Waals surface area contributed by atoms with Crippen molar-refractivity contribution < 1.29 is 18.9 Å². The van der Waals surface area contributed by atoms with E-state index in [-0.39, 0.29) is 0 Å². The standard InChI is InChI=1S/C22H36O4/c1-2-23-15-11-9-7-5-3-4-6-8-10-12-16-24-18-20-13-14-21-22(17-20)26-19-25-21/h13-14,17H,2-12,15-16,18-19H2,1H3. The van der Waals surface area contributed by atoms with Crippen molar-refractivity contribution in [1.29, 1.82) is 0 Å². The van der Waals surface area contributed by atoms with Crippen LogP contribution in [-0.2, 0) is 16.1 Å². The summed E-state index contributed by atoms with van der Waals surface area (Å²) in [6.45, 7) is 5.67. The van der Waals surface area contributed by atoms with E-state index in [1.54, 1.807) is 0 Å². The Morgan fingerprint density at radius 1 is 0.731 bits per heavy atom. The van der Waals surface area contributed by atoms with E-state index in [4.69, 9.17) is 18.9 Å². The van der Waals surface area contributed by atoms with E-state index in [9.17, 15) is 0 Å². The third-order valence-corrected chi connectivity index (χ3v) is 4.74. The summed E-state index contributed by atoms with van der Waals surface area (Å²) in [6, 6.07) is 6.02. The summed E-state index contributed by atoms with van der Waals surface area (Å²) in [5.41, 5.74) is 1.15. The normalized spacial score (nSPS) is 12.7. The summed E-state index contributed by atoms with van der Waals surface area (Å²) in [7, 11) is 0. The molecule has 0 aromatic heterocycles. The lowest BCUT2D eigenvalue weighted by atomic mass is 10.1. The molecule has 1 aromatic carbocycles. The first-order valence-corrected chi connectivity index (χ1v) is 10.4. The molecular formula is C22H36O4. The van der Waals surface area contributed by atoms with Gasteiger partial charge in [-0.05, 0) is 37.5 Å². The van der Waals surface area contributed by atoms with Gasteiger partial charge in [-0.2, -0.15) is 0 Å². The molecule has 26 heavy (non-hydrogen) atoms. The molecule has 1 heterocycles. The zero-order valence-corrected chi connectivity index (χ0v) is 16.5. The monoisotopic (exact) mass is 364 g/mol. The molecule has 148 valence electrons. The van der Waals surface area contributed by atoms with Crippen molar-refractivity contribution >= 4 is 0 Å². The summed E-state index contributed by atoms with van der Waals surface area (Å²) < 4.78 is 21.8. The Labute approximate surface area is 159 Å². The van der Waals surface area contributed by atoms with E-state index in [2.05, 4.69) is 6.92 Å². The maximum atomic E-state index is 5.77. The zero-order valence-electron chi connectivity index (χ0n) is 16.5. The maximum Gasteiger partial charge on any atom is 0.231 e. The molecule has 0 N–H and O–H groups in total. The average molecular weight is 365 g/mol. The minimum atomic E-state index is 0.327. The topological polar surface area (TPSA) is 36.9 Å². The lowest BCUT2D eigenvalue weighted by Crippen LogP contribution is -1.96. The first-order chi connectivity index (χ1) is 12.9. The Hall–Kier alpha value is -1.26. The van der Waals surface area contributed by atoms with Gasteiger partial charge in [-0.3, -0.25) is 0 Å². The molecule has 4 nitrogen and oxygen atoms in total.